The van der Waals surface area contributed by atoms with E-state index in [0.717, 1.165) is 18.7 Å². The van der Waals surface area contributed by atoms with Gasteiger partial charge in [0.15, 0.2) is 5.16 Å². The number of thioether (sulfide) groups is 1. The van der Waals surface area contributed by atoms with E-state index in [1.54, 1.807) is 0 Å². The Balaban J connectivity index is 2.90. The molecule has 78 valence electrons. The number of anilines is 1. The lowest BCUT2D eigenvalue weighted by Gasteiger charge is -2.09. The molecule has 0 spiro atoms. The van der Waals surface area contributed by atoms with Gasteiger partial charge in [0.1, 0.15) is 5.82 Å². The standard InChI is InChI=1S/C9H16N4S/c1-4-5-6(2)7-11-8(10)13-9(12-7)14-3/h6H,4-5H2,1-3H3,(H2,10,11,12,13). The monoisotopic (exact) mass is 212 g/mol. The fourth-order valence-corrected chi connectivity index (χ4v) is 1.63. The SMILES string of the molecule is CCCC(C)c1nc(N)nc(SC)n1. The van der Waals surface area contributed by atoms with E-state index in [1.165, 1.54) is 11.8 Å². The van der Waals surface area contributed by atoms with Crippen LogP contribution >= 0.6 is 11.8 Å². The Bertz CT molecular complexity index is 303. The molecule has 0 aliphatic carbocycles. The highest BCUT2D eigenvalue weighted by molar-refractivity contribution is 7.98. The van der Waals surface area contributed by atoms with Gasteiger partial charge in [-0.15, -0.1) is 0 Å². The van der Waals surface area contributed by atoms with Gasteiger partial charge in [-0.05, 0) is 12.7 Å². The molecule has 0 aromatic carbocycles. The molecule has 0 fully saturated rings. The molecule has 0 aliphatic rings. The summed E-state index contributed by atoms with van der Waals surface area (Å²) in [6.07, 6.45) is 4.14. The summed E-state index contributed by atoms with van der Waals surface area (Å²) in [4.78, 5) is 12.5. The van der Waals surface area contributed by atoms with Gasteiger partial charge >= 0.3 is 0 Å². The van der Waals surface area contributed by atoms with Crippen LogP contribution in [0.5, 0.6) is 0 Å². The summed E-state index contributed by atoms with van der Waals surface area (Å²) < 4.78 is 0. The number of hydrogen-bond donors (Lipinski definition) is 1. The minimum absolute atomic E-state index is 0.322. The van der Waals surface area contributed by atoms with Crippen LogP contribution < -0.4 is 5.73 Å². The van der Waals surface area contributed by atoms with Gasteiger partial charge in [-0.1, -0.05) is 32.0 Å². The van der Waals surface area contributed by atoms with Crippen LogP contribution in [0.25, 0.3) is 0 Å². The van der Waals surface area contributed by atoms with Crippen LogP contribution in [0.3, 0.4) is 0 Å². The smallest absolute Gasteiger partial charge is 0.224 e. The molecular formula is C9H16N4S. The van der Waals surface area contributed by atoms with Gasteiger partial charge in [-0.25, -0.2) is 4.98 Å². The molecule has 4 nitrogen and oxygen atoms in total. The van der Waals surface area contributed by atoms with Crippen molar-refractivity contribution in [3.8, 4) is 0 Å². The molecule has 0 saturated carbocycles. The van der Waals surface area contributed by atoms with E-state index in [1.807, 2.05) is 6.26 Å². The maximum Gasteiger partial charge on any atom is 0.224 e. The Morgan fingerprint density at radius 3 is 2.64 bits per heavy atom. The van der Waals surface area contributed by atoms with Crippen molar-refractivity contribution in [1.29, 1.82) is 0 Å². The molecule has 1 aromatic rings. The molecule has 1 unspecified atom stereocenters. The predicted octanol–water partition coefficient (Wildman–Crippen LogP) is 2.08. The molecule has 0 aliphatic heterocycles. The van der Waals surface area contributed by atoms with E-state index < -0.39 is 0 Å². The van der Waals surface area contributed by atoms with Crippen molar-refractivity contribution in [2.45, 2.75) is 37.8 Å². The highest BCUT2D eigenvalue weighted by atomic mass is 32.2. The summed E-state index contributed by atoms with van der Waals surface area (Å²) in [5.41, 5.74) is 5.59. The fourth-order valence-electron chi connectivity index (χ4n) is 1.26. The third-order valence-electron chi connectivity index (χ3n) is 1.99. The Kier molecular flexibility index (Phi) is 4.13. The quantitative estimate of drug-likeness (QED) is 0.774. The average molecular weight is 212 g/mol. The van der Waals surface area contributed by atoms with Crippen LogP contribution in [-0.4, -0.2) is 21.2 Å². The Labute approximate surface area is 88.7 Å². The van der Waals surface area contributed by atoms with Crippen molar-refractivity contribution in [2.75, 3.05) is 12.0 Å². The lowest BCUT2D eigenvalue weighted by molar-refractivity contribution is 0.612. The molecular weight excluding hydrogens is 196 g/mol. The largest absolute Gasteiger partial charge is 0.368 e. The number of nitrogens with two attached hydrogens (primary N) is 1. The first-order chi connectivity index (χ1) is 6.67. The molecule has 1 aromatic heterocycles. The van der Waals surface area contributed by atoms with Crippen LogP contribution in [0.15, 0.2) is 5.16 Å². The van der Waals surface area contributed by atoms with Crippen molar-refractivity contribution in [1.82, 2.24) is 15.0 Å². The first-order valence-corrected chi connectivity index (χ1v) is 5.95. The van der Waals surface area contributed by atoms with Crippen molar-refractivity contribution >= 4 is 17.7 Å². The zero-order chi connectivity index (χ0) is 10.6. The minimum atomic E-state index is 0.322. The van der Waals surface area contributed by atoms with Gasteiger partial charge in [0.25, 0.3) is 0 Å². The summed E-state index contributed by atoms with van der Waals surface area (Å²) in [6, 6.07) is 0. The normalized spacial score (nSPS) is 12.8. The zero-order valence-corrected chi connectivity index (χ0v) is 9.64. The number of nitrogen functional groups attached to an aromatic ring is 1. The molecule has 1 atom stereocenters. The summed E-state index contributed by atoms with van der Waals surface area (Å²) >= 11 is 1.49. The zero-order valence-electron chi connectivity index (χ0n) is 8.82. The molecule has 0 radical (unpaired) electrons. The van der Waals surface area contributed by atoms with Crippen molar-refractivity contribution < 1.29 is 0 Å². The van der Waals surface area contributed by atoms with Crippen LogP contribution in [-0.2, 0) is 0 Å². The fraction of sp³-hybridized carbons (Fsp3) is 0.667. The summed E-state index contributed by atoms with van der Waals surface area (Å²) in [7, 11) is 0. The Hall–Kier alpha value is -0.840. The van der Waals surface area contributed by atoms with E-state index >= 15 is 0 Å². The predicted molar refractivity (Wildman–Crippen MR) is 59.3 cm³/mol. The first kappa shape index (κ1) is 11.2. The second-order valence-electron chi connectivity index (χ2n) is 3.23. The summed E-state index contributed by atoms with van der Waals surface area (Å²) in [5, 5.41) is 0.704. The molecule has 5 heteroatoms. The summed E-state index contributed by atoms with van der Waals surface area (Å²) in [5.74, 6) is 1.49. The Morgan fingerprint density at radius 1 is 1.36 bits per heavy atom. The molecule has 1 rings (SSSR count). The molecule has 2 N–H and O–H groups in total. The summed E-state index contributed by atoms with van der Waals surface area (Å²) in [6.45, 7) is 4.26. The van der Waals surface area contributed by atoms with Gasteiger partial charge in [-0.2, -0.15) is 9.97 Å². The number of nitrogens with zero attached hydrogens (tertiary/aromatic N) is 3. The molecule has 14 heavy (non-hydrogen) atoms. The lowest BCUT2D eigenvalue weighted by atomic mass is 10.1. The maximum atomic E-state index is 5.59. The molecule has 0 saturated heterocycles. The van der Waals surface area contributed by atoms with Crippen LogP contribution in [0, 0.1) is 0 Å². The van der Waals surface area contributed by atoms with E-state index in [4.69, 9.17) is 5.73 Å². The van der Waals surface area contributed by atoms with Gasteiger partial charge in [0, 0.05) is 5.92 Å². The van der Waals surface area contributed by atoms with E-state index in [-0.39, 0.29) is 0 Å². The molecule has 0 bridgehead atoms. The van der Waals surface area contributed by atoms with Crippen LogP contribution in [0.2, 0.25) is 0 Å². The highest BCUT2D eigenvalue weighted by Gasteiger charge is 2.10. The lowest BCUT2D eigenvalue weighted by Crippen LogP contribution is -2.07. The van der Waals surface area contributed by atoms with Gasteiger partial charge in [0.2, 0.25) is 5.95 Å². The van der Waals surface area contributed by atoms with Gasteiger partial charge < -0.3 is 5.73 Å². The first-order valence-electron chi connectivity index (χ1n) is 4.72. The van der Waals surface area contributed by atoms with Gasteiger partial charge in [-0.3, -0.25) is 0 Å². The van der Waals surface area contributed by atoms with E-state index in [0.29, 0.717) is 17.0 Å². The minimum Gasteiger partial charge on any atom is -0.368 e. The second-order valence-corrected chi connectivity index (χ2v) is 4.00. The second kappa shape index (κ2) is 5.14. The van der Waals surface area contributed by atoms with Crippen molar-refractivity contribution in [2.24, 2.45) is 0 Å². The van der Waals surface area contributed by atoms with Crippen LogP contribution in [0.4, 0.5) is 5.95 Å². The van der Waals surface area contributed by atoms with Crippen LogP contribution in [0.1, 0.15) is 38.4 Å². The van der Waals surface area contributed by atoms with Crippen molar-refractivity contribution in [3.63, 3.8) is 0 Å². The van der Waals surface area contributed by atoms with Gasteiger partial charge in [0.05, 0.1) is 0 Å². The number of hydrogen-bond acceptors (Lipinski definition) is 5. The number of aromatic nitrogens is 3. The Morgan fingerprint density at radius 2 is 2.07 bits per heavy atom. The average Bonchev–Trinajstić information content (AvgIpc) is 2.17. The van der Waals surface area contributed by atoms with Crippen molar-refractivity contribution in [3.05, 3.63) is 5.82 Å². The molecule has 0 amide bonds. The van der Waals surface area contributed by atoms with E-state index in [9.17, 15) is 0 Å². The highest BCUT2D eigenvalue weighted by Crippen LogP contribution is 2.19. The maximum absolute atomic E-state index is 5.59. The third kappa shape index (κ3) is 2.83. The third-order valence-corrected chi connectivity index (χ3v) is 2.54. The topological polar surface area (TPSA) is 64.7 Å². The number of rotatable bonds is 4. The molecule has 1 heterocycles. The van der Waals surface area contributed by atoms with E-state index in [2.05, 4.69) is 28.8 Å².